The van der Waals surface area contributed by atoms with Gasteiger partial charge in [-0.25, -0.2) is 9.37 Å². The molecule has 0 aliphatic heterocycles. The topological polar surface area (TPSA) is 33.1 Å². The lowest BCUT2D eigenvalue weighted by Gasteiger charge is -2.02. The normalized spacial score (nSPS) is 10.2. The smallest absolute Gasteiger partial charge is 0.148 e. The molecule has 1 aromatic carbocycles. The molecule has 1 heterocycles. The summed E-state index contributed by atoms with van der Waals surface area (Å²) >= 11 is 1.30. The Labute approximate surface area is 90.8 Å². The fourth-order valence-electron chi connectivity index (χ4n) is 1.08. The maximum absolute atomic E-state index is 12.6. The second kappa shape index (κ2) is 4.31. The van der Waals surface area contributed by atoms with Gasteiger partial charge in [0.25, 0.3) is 0 Å². The Hall–Kier alpha value is -1.55. The molecule has 0 aliphatic rings. The first-order valence-electron chi connectivity index (χ1n) is 4.33. The highest BCUT2D eigenvalue weighted by molar-refractivity contribution is 7.99. The van der Waals surface area contributed by atoms with E-state index in [9.17, 15) is 9.50 Å². The van der Waals surface area contributed by atoms with Crippen LogP contribution in [0.1, 0.15) is 0 Å². The largest absolute Gasteiger partial charge is 0.505 e. The minimum atomic E-state index is -0.274. The number of rotatable bonds is 2. The minimum absolute atomic E-state index is 0.131. The van der Waals surface area contributed by atoms with Crippen LogP contribution in [0.25, 0.3) is 0 Å². The van der Waals surface area contributed by atoms with Crippen LogP contribution in [0.15, 0.2) is 52.5 Å². The van der Waals surface area contributed by atoms with Gasteiger partial charge in [0.15, 0.2) is 0 Å². The SMILES string of the molecule is Oc1cccnc1Sc1ccc(F)cc1. The number of aromatic nitrogens is 1. The predicted molar refractivity (Wildman–Crippen MR) is 56.4 cm³/mol. The van der Waals surface area contributed by atoms with E-state index in [1.807, 2.05) is 0 Å². The number of halogens is 1. The molecule has 1 aromatic heterocycles. The third kappa shape index (κ3) is 2.47. The van der Waals surface area contributed by atoms with Crippen LogP contribution in [0.3, 0.4) is 0 Å². The standard InChI is InChI=1S/C11H8FNOS/c12-8-3-5-9(6-4-8)15-11-10(14)2-1-7-13-11/h1-7,14H. The molecule has 0 saturated heterocycles. The fourth-order valence-corrected chi connectivity index (χ4v) is 1.86. The third-order valence-electron chi connectivity index (χ3n) is 1.78. The Morgan fingerprint density at radius 2 is 1.87 bits per heavy atom. The molecule has 0 aliphatic carbocycles. The molecule has 0 fully saturated rings. The zero-order chi connectivity index (χ0) is 10.7. The summed E-state index contributed by atoms with van der Waals surface area (Å²) in [5, 5.41) is 9.99. The summed E-state index contributed by atoms with van der Waals surface area (Å²) in [7, 11) is 0. The number of aromatic hydroxyl groups is 1. The highest BCUT2D eigenvalue weighted by atomic mass is 32.2. The van der Waals surface area contributed by atoms with E-state index in [-0.39, 0.29) is 11.6 Å². The van der Waals surface area contributed by atoms with Gasteiger partial charge in [-0.1, -0.05) is 11.8 Å². The first-order chi connectivity index (χ1) is 7.25. The zero-order valence-electron chi connectivity index (χ0n) is 7.72. The highest BCUT2D eigenvalue weighted by Gasteiger charge is 2.03. The quantitative estimate of drug-likeness (QED) is 0.846. The van der Waals surface area contributed by atoms with E-state index in [4.69, 9.17) is 0 Å². The Kier molecular flexibility index (Phi) is 2.87. The van der Waals surface area contributed by atoms with Crippen LogP contribution in [-0.2, 0) is 0 Å². The van der Waals surface area contributed by atoms with Crippen LogP contribution in [-0.4, -0.2) is 10.1 Å². The molecule has 0 atom stereocenters. The molecule has 2 nitrogen and oxygen atoms in total. The van der Waals surface area contributed by atoms with Crippen molar-refractivity contribution in [3.8, 4) is 5.75 Å². The average molecular weight is 221 g/mol. The van der Waals surface area contributed by atoms with Crippen molar-refractivity contribution < 1.29 is 9.50 Å². The van der Waals surface area contributed by atoms with Crippen molar-refractivity contribution in [2.45, 2.75) is 9.92 Å². The summed E-state index contributed by atoms with van der Waals surface area (Å²) in [6.07, 6.45) is 1.60. The molecule has 4 heteroatoms. The van der Waals surface area contributed by atoms with Crippen molar-refractivity contribution in [3.05, 3.63) is 48.4 Å². The van der Waals surface area contributed by atoms with Gasteiger partial charge in [-0.3, -0.25) is 0 Å². The van der Waals surface area contributed by atoms with Crippen LogP contribution >= 0.6 is 11.8 Å². The number of pyridine rings is 1. The molecule has 0 spiro atoms. The van der Waals surface area contributed by atoms with Gasteiger partial charge in [0, 0.05) is 11.1 Å². The van der Waals surface area contributed by atoms with Gasteiger partial charge in [-0.15, -0.1) is 0 Å². The van der Waals surface area contributed by atoms with Crippen molar-refractivity contribution in [2.75, 3.05) is 0 Å². The van der Waals surface area contributed by atoms with Crippen molar-refractivity contribution in [2.24, 2.45) is 0 Å². The first-order valence-corrected chi connectivity index (χ1v) is 5.15. The number of hydrogen-bond donors (Lipinski definition) is 1. The number of benzene rings is 1. The molecular weight excluding hydrogens is 213 g/mol. The van der Waals surface area contributed by atoms with E-state index < -0.39 is 0 Å². The maximum atomic E-state index is 12.6. The molecular formula is C11H8FNOS. The lowest BCUT2D eigenvalue weighted by Crippen LogP contribution is -1.80. The molecule has 0 radical (unpaired) electrons. The summed E-state index contributed by atoms with van der Waals surface area (Å²) < 4.78 is 12.6. The first kappa shape index (κ1) is 9.98. The minimum Gasteiger partial charge on any atom is -0.505 e. The van der Waals surface area contributed by atoms with Crippen molar-refractivity contribution >= 4 is 11.8 Å². The second-order valence-corrected chi connectivity index (χ2v) is 3.95. The Balaban J connectivity index is 2.22. The molecule has 0 bridgehead atoms. The molecule has 0 unspecified atom stereocenters. The summed E-state index contributed by atoms with van der Waals surface area (Å²) in [5.74, 6) is -0.142. The fraction of sp³-hybridized carbons (Fsp3) is 0. The van der Waals surface area contributed by atoms with Crippen molar-refractivity contribution in [3.63, 3.8) is 0 Å². The van der Waals surface area contributed by atoms with Crippen molar-refractivity contribution in [1.82, 2.24) is 4.98 Å². The summed E-state index contributed by atoms with van der Waals surface area (Å²) in [6, 6.07) is 9.27. The predicted octanol–water partition coefficient (Wildman–Crippen LogP) is 3.08. The van der Waals surface area contributed by atoms with Gasteiger partial charge in [-0.2, -0.15) is 0 Å². The molecule has 15 heavy (non-hydrogen) atoms. The Morgan fingerprint density at radius 3 is 2.53 bits per heavy atom. The molecule has 2 aromatic rings. The van der Waals surface area contributed by atoms with Crippen molar-refractivity contribution in [1.29, 1.82) is 0 Å². The lowest BCUT2D eigenvalue weighted by molar-refractivity contribution is 0.457. The molecule has 2 rings (SSSR count). The Morgan fingerprint density at radius 1 is 1.13 bits per heavy atom. The average Bonchev–Trinajstić information content (AvgIpc) is 2.25. The number of nitrogens with zero attached hydrogens (tertiary/aromatic N) is 1. The second-order valence-electron chi connectivity index (χ2n) is 2.88. The third-order valence-corrected chi connectivity index (χ3v) is 2.79. The van der Waals surface area contributed by atoms with Gasteiger partial charge < -0.3 is 5.11 Å². The van der Waals surface area contributed by atoms with E-state index in [1.165, 1.54) is 23.9 Å². The van der Waals surface area contributed by atoms with Gasteiger partial charge in [-0.05, 0) is 36.4 Å². The molecule has 0 amide bonds. The zero-order valence-corrected chi connectivity index (χ0v) is 8.54. The van der Waals surface area contributed by atoms with Crippen LogP contribution in [0.4, 0.5) is 4.39 Å². The summed E-state index contributed by atoms with van der Waals surface area (Å²) in [5.41, 5.74) is 0. The molecule has 0 saturated carbocycles. The summed E-state index contributed by atoms with van der Waals surface area (Å²) in [4.78, 5) is 4.85. The van der Waals surface area contributed by atoms with Gasteiger partial charge in [0.2, 0.25) is 0 Å². The van der Waals surface area contributed by atoms with Gasteiger partial charge in [0.05, 0.1) is 0 Å². The van der Waals surface area contributed by atoms with E-state index in [1.54, 1.807) is 30.5 Å². The van der Waals surface area contributed by atoms with Gasteiger partial charge in [0.1, 0.15) is 16.6 Å². The van der Waals surface area contributed by atoms with Crippen LogP contribution in [0, 0.1) is 5.82 Å². The Bertz CT molecular complexity index is 458. The van der Waals surface area contributed by atoms with Crippen LogP contribution < -0.4 is 0 Å². The number of hydrogen-bond acceptors (Lipinski definition) is 3. The van der Waals surface area contributed by atoms with E-state index >= 15 is 0 Å². The van der Waals surface area contributed by atoms with Crippen LogP contribution in [0.2, 0.25) is 0 Å². The maximum Gasteiger partial charge on any atom is 0.148 e. The van der Waals surface area contributed by atoms with E-state index in [0.29, 0.717) is 5.03 Å². The summed E-state index contributed by atoms with van der Waals surface area (Å²) in [6.45, 7) is 0. The molecule has 1 N–H and O–H groups in total. The van der Waals surface area contributed by atoms with Gasteiger partial charge >= 0.3 is 0 Å². The van der Waals surface area contributed by atoms with Crippen LogP contribution in [0.5, 0.6) is 5.75 Å². The lowest BCUT2D eigenvalue weighted by atomic mass is 10.4. The molecule has 76 valence electrons. The van der Waals surface area contributed by atoms with E-state index in [2.05, 4.69) is 4.98 Å². The highest BCUT2D eigenvalue weighted by Crippen LogP contribution is 2.31. The monoisotopic (exact) mass is 221 g/mol. The van der Waals surface area contributed by atoms with E-state index in [0.717, 1.165) is 4.90 Å².